The lowest BCUT2D eigenvalue weighted by Gasteiger charge is -2.38. The number of sulfonamides is 1. The molecule has 4 atom stereocenters. The number of anilines is 1. The Morgan fingerprint density at radius 1 is 1.05 bits per heavy atom. The predicted molar refractivity (Wildman–Crippen MR) is 162 cm³/mol. The van der Waals surface area contributed by atoms with E-state index in [0.29, 0.717) is 44.0 Å². The molecule has 6 nitrogen and oxygen atoms in total. The van der Waals surface area contributed by atoms with E-state index in [1.165, 1.54) is 6.07 Å². The van der Waals surface area contributed by atoms with E-state index in [4.69, 9.17) is 9.47 Å². The zero-order valence-electron chi connectivity index (χ0n) is 26.3. The van der Waals surface area contributed by atoms with Crippen LogP contribution in [0.4, 0.5) is 18.9 Å². The van der Waals surface area contributed by atoms with Gasteiger partial charge in [-0.05, 0) is 100.0 Å². The van der Waals surface area contributed by atoms with E-state index < -0.39 is 33.2 Å². The lowest BCUT2D eigenvalue weighted by molar-refractivity contribution is -0.178. The highest BCUT2D eigenvalue weighted by Crippen LogP contribution is 2.47. The van der Waals surface area contributed by atoms with Gasteiger partial charge in [0.05, 0.1) is 11.3 Å². The van der Waals surface area contributed by atoms with Crippen molar-refractivity contribution in [2.75, 3.05) is 10.8 Å². The predicted octanol–water partition coefficient (Wildman–Crippen LogP) is 8.04. The molecule has 1 heterocycles. The Hall–Kier alpha value is -2.59. The van der Waals surface area contributed by atoms with Gasteiger partial charge in [0.15, 0.2) is 6.10 Å². The second kappa shape index (κ2) is 12.1. The Bertz CT molecular complexity index is 1440. The molecule has 0 spiro atoms. The van der Waals surface area contributed by atoms with Crippen LogP contribution in [-0.2, 0) is 30.7 Å². The summed E-state index contributed by atoms with van der Waals surface area (Å²) in [6.07, 6.45) is 1.35. The minimum atomic E-state index is -5.62. The topological polar surface area (TPSA) is 72.9 Å². The largest absolute Gasteiger partial charge is 0.516 e. The van der Waals surface area contributed by atoms with Crippen LogP contribution >= 0.6 is 0 Å². The first-order valence-electron chi connectivity index (χ1n) is 15.0. The molecule has 0 amide bonds. The fourth-order valence-corrected chi connectivity index (χ4v) is 7.47. The van der Waals surface area contributed by atoms with Crippen LogP contribution in [0.3, 0.4) is 0 Å². The van der Waals surface area contributed by atoms with E-state index in [0.717, 1.165) is 24.8 Å². The van der Waals surface area contributed by atoms with Crippen molar-refractivity contribution in [1.29, 1.82) is 0 Å². The molecule has 10 heteroatoms. The van der Waals surface area contributed by atoms with Gasteiger partial charge in [-0.15, -0.1) is 0 Å². The van der Waals surface area contributed by atoms with Crippen molar-refractivity contribution in [2.45, 2.75) is 104 Å². The highest BCUT2D eigenvalue weighted by Gasteiger charge is 2.52. The van der Waals surface area contributed by atoms with Crippen molar-refractivity contribution in [3.63, 3.8) is 0 Å². The number of esters is 1. The summed E-state index contributed by atoms with van der Waals surface area (Å²) in [7, 11) is -5.62. The lowest BCUT2D eigenvalue weighted by Crippen LogP contribution is -2.40. The van der Waals surface area contributed by atoms with Crippen LogP contribution in [-0.4, -0.2) is 38.1 Å². The van der Waals surface area contributed by atoms with Crippen LogP contribution in [0.25, 0.3) is 11.1 Å². The summed E-state index contributed by atoms with van der Waals surface area (Å²) >= 11 is 0. The fraction of sp³-hybridized carbons (Fsp3) is 0.606. The smallest absolute Gasteiger partial charge is 0.460 e. The van der Waals surface area contributed by atoms with Crippen molar-refractivity contribution in [1.82, 2.24) is 0 Å². The van der Waals surface area contributed by atoms with Crippen LogP contribution < -0.4 is 4.31 Å². The molecular weight excluding hydrogens is 579 g/mol. The van der Waals surface area contributed by atoms with Crippen molar-refractivity contribution in [3.05, 3.63) is 52.6 Å². The zero-order valence-corrected chi connectivity index (χ0v) is 27.2. The summed E-state index contributed by atoms with van der Waals surface area (Å²) in [5.41, 5.74) is -2.74. The molecule has 0 aromatic heterocycles. The quantitative estimate of drug-likeness (QED) is 0.292. The zero-order chi connectivity index (χ0) is 32.1. The van der Waals surface area contributed by atoms with Crippen LogP contribution in [0.1, 0.15) is 89.2 Å². The number of hydrogen-bond donors (Lipinski definition) is 0. The molecule has 0 saturated heterocycles. The Morgan fingerprint density at radius 3 is 2.23 bits per heavy atom. The monoisotopic (exact) mass is 623 g/mol. The summed E-state index contributed by atoms with van der Waals surface area (Å²) in [6, 6.07) is 8.87. The number of halogens is 3. The molecule has 238 valence electrons. The number of hydrogen-bond acceptors (Lipinski definition) is 5. The molecule has 43 heavy (non-hydrogen) atoms. The van der Waals surface area contributed by atoms with Gasteiger partial charge in [-0.25, -0.2) is 4.79 Å². The first-order valence-corrected chi connectivity index (χ1v) is 16.5. The van der Waals surface area contributed by atoms with E-state index in [2.05, 4.69) is 20.8 Å². The summed E-state index contributed by atoms with van der Waals surface area (Å²) in [4.78, 5) is 14.2. The maximum atomic E-state index is 14.2. The summed E-state index contributed by atoms with van der Waals surface area (Å²) < 4.78 is 79.3. The number of rotatable bonds is 7. The molecule has 1 aliphatic heterocycles. The molecule has 0 radical (unpaired) electrons. The van der Waals surface area contributed by atoms with Crippen LogP contribution in [0.15, 0.2) is 30.3 Å². The van der Waals surface area contributed by atoms with E-state index in [1.54, 1.807) is 6.92 Å². The normalized spacial score (nSPS) is 22.0. The van der Waals surface area contributed by atoms with Crippen molar-refractivity contribution >= 4 is 21.7 Å². The van der Waals surface area contributed by atoms with Crippen LogP contribution in [0.2, 0.25) is 0 Å². The molecule has 2 aliphatic rings. The number of fused-ring (bicyclic) bond motifs is 1. The highest BCUT2D eigenvalue weighted by molar-refractivity contribution is 7.93. The Balaban J connectivity index is 1.91. The maximum absolute atomic E-state index is 14.2. The third-order valence-corrected chi connectivity index (χ3v) is 10.1. The van der Waals surface area contributed by atoms with Crippen LogP contribution in [0, 0.1) is 31.6 Å². The summed E-state index contributed by atoms with van der Waals surface area (Å²) in [6.45, 7) is 15.1. The molecule has 4 rings (SSSR count). The fourth-order valence-electron chi connectivity index (χ4n) is 6.47. The number of ether oxygens (including phenoxy) is 2. The van der Waals surface area contributed by atoms with E-state index in [-0.39, 0.29) is 30.7 Å². The van der Waals surface area contributed by atoms with Gasteiger partial charge < -0.3 is 9.47 Å². The molecule has 1 fully saturated rings. The van der Waals surface area contributed by atoms with Gasteiger partial charge in [0.25, 0.3) is 0 Å². The summed E-state index contributed by atoms with van der Waals surface area (Å²) in [5.74, 6) is 0.378. The van der Waals surface area contributed by atoms with Crippen molar-refractivity contribution in [3.8, 4) is 11.1 Å². The standard InChI is InChI=1S/C33H44F3NO5S/c1-19(2)24-14-11-21(4)17-27(24)41-31(38)30(42-32(6,7)8)28-22(5)18-26-25(29(28)23-12-9-20(3)10-13-23)15-16-37(26)43(39,40)33(34,35)36/h9-10,12-13,18-19,21,24,27,30H,11,14-17H2,1-8H3/t21?,24?,27?,30-/m0/s1. The summed E-state index contributed by atoms with van der Waals surface area (Å²) in [5, 5.41) is 0. The van der Waals surface area contributed by atoms with Gasteiger partial charge in [-0.1, -0.05) is 57.0 Å². The first-order chi connectivity index (χ1) is 19.8. The number of benzene rings is 2. The lowest BCUT2D eigenvalue weighted by atomic mass is 9.75. The average Bonchev–Trinajstić information content (AvgIpc) is 3.30. The Morgan fingerprint density at radius 2 is 1.67 bits per heavy atom. The van der Waals surface area contributed by atoms with E-state index >= 15 is 0 Å². The van der Waals surface area contributed by atoms with Crippen molar-refractivity contribution in [2.24, 2.45) is 17.8 Å². The molecule has 1 saturated carbocycles. The molecule has 0 bridgehead atoms. The molecular formula is C33H44F3NO5S. The number of carbonyl (C=O) groups excluding carboxylic acids is 1. The molecule has 0 N–H and O–H groups in total. The third-order valence-electron chi connectivity index (χ3n) is 8.59. The Kier molecular flexibility index (Phi) is 9.35. The van der Waals surface area contributed by atoms with Gasteiger partial charge in [0.2, 0.25) is 0 Å². The maximum Gasteiger partial charge on any atom is 0.516 e. The number of alkyl halides is 3. The molecule has 3 unspecified atom stereocenters. The SMILES string of the molecule is Cc1ccc(-c2c3c(cc(C)c2[C@H](OC(C)(C)C)C(=O)OC2CC(C)CCC2C(C)C)N(S(=O)(=O)C(F)(F)F)CC3)cc1. The minimum absolute atomic E-state index is 0.0296. The van der Waals surface area contributed by atoms with Gasteiger partial charge in [0, 0.05) is 12.1 Å². The van der Waals surface area contributed by atoms with Crippen LogP contribution in [0.5, 0.6) is 0 Å². The molecule has 2 aromatic carbocycles. The average molecular weight is 624 g/mol. The number of nitrogens with zero attached hydrogens (tertiary/aromatic N) is 1. The third kappa shape index (κ3) is 6.90. The van der Waals surface area contributed by atoms with Gasteiger partial charge in [-0.2, -0.15) is 21.6 Å². The van der Waals surface area contributed by atoms with Gasteiger partial charge in [-0.3, -0.25) is 4.31 Å². The van der Waals surface area contributed by atoms with E-state index in [1.807, 2.05) is 52.0 Å². The second-order valence-corrected chi connectivity index (χ2v) is 15.4. The number of carbonyl (C=O) groups is 1. The Labute approximate surface area is 254 Å². The minimum Gasteiger partial charge on any atom is -0.460 e. The molecule has 2 aromatic rings. The van der Waals surface area contributed by atoms with Crippen molar-refractivity contribution < 1.29 is 35.9 Å². The second-order valence-electron chi connectivity index (χ2n) is 13.5. The highest BCUT2D eigenvalue weighted by atomic mass is 32.2. The van der Waals surface area contributed by atoms with E-state index in [9.17, 15) is 26.4 Å². The van der Waals surface area contributed by atoms with Gasteiger partial charge in [0.1, 0.15) is 6.10 Å². The first kappa shape index (κ1) is 33.3. The van der Waals surface area contributed by atoms with Gasteiger partial charge >= 0.3 is 21.5 Å². The number of aryl methyl sites for hydroxylation is 2. The molecule has 1 aliphatic carbocycles.